The lowest BCUT2D eigenvalue weighted by Gasteiger charge is -2.39. The molecule has 0 saturated carbocycles. The van der Waals surface area contributed by atoms with Crippen LogP contribution in [0.25, 0.3) is 0 Å². The minimum absolute atomic E-state index is 0.195. The fourth-order valence-corrected chi connectivity index (χ4v) is 2.38. The maximum atomic E-state index is 10.7. The van der Waals surface area contributed by atoms with Crippen LogP contribution in [0.5, 0.6) is 11.5 Å². The topological polar surface area (TPSA) is 177 Å². The van der Waals surface area contributed by atoms with E-state index in [-0.39, 0.29) is 17.9 Å². The molecule has 0 unspecified atom stereocenters. The number of ether oxygens (including phenoxy) is 2. The summed E-state index contributed by atoms with van der Waals surface area (Å²) >= 11 is 0. The average molecular weight is 360 g/mol. The third-order valence-electron chi connectivity index (χ3n) is 3.83. The van der Waals surface area contributed by atoms with Crippen molar-refractivity contribution in [1.82, 2.24) is 0 Å². The summed E-state index contributed by atoms with van der Waals surface area (Å²) in [5, 5.41) is 66.4. The van der Waals surface area contributed by atoms with Crippen LogP contribution in [-0.4, -0.2) is 85.1 Å². The van der Waals surface area contributed by atoms with Gasteiger partial charge in [-0.25, -0.2) is 4.79 Å². The van der Waals surface area contributed by atoms with Gasteiger partial charge in [-0.3, -0.25) is 0 Å². The SMILES string of the molecule is O=C(O)[C@H](O)Cc1ccc(O)c(O[C@@H]2O[C@H](CO)[C@@H](O)[C@H](O)[C@H]2O)c1. The second-order valence-corrected chi connectivity index (χ2v) is 5.68. The molecule has 25 heavy (non-hydrogen) atoms. The highest BCUT2D eigenvalue weighted by atomic mass is 16.7. The molecule has 1 aromatic rings. The van der Waals surface area contributed by atoms with Crippen molar-refractivity contribution in [3.05, 3.63) is 23.8 Å². The fraction of sp³-hybridized carbons (Fsp3) is 0.533. The van der Waals surface area contributed by atoms with Gasteiger partial charge in [0.05, 0.1) is 6.61 Å². The lowest BCUT2D eigenvalue weighted by atomic mass is 9.99. The van der Waals surface area contributed by atoms with Crippen molar-refractivity contribution in [2.75, 3.05) is 6.61 Å². The van der Waals surface area contributed by atoms with Crippen LogP contribution in [0.2, 0.25) is 0 Å². The van der Waals surface area contributed by atoms with Crippen LogP contribution in [0, 0.1) is 0 Å². The van der Waals surface area contributed by atoms with Gasteiger partial charge in [0.2, 0.25) is 6.29 Å². The molecule has 1 aliphatic heterocycles. The van der Waals surface area contributed by atoms with E-state index in [2.05, 4.69) is 0 Å². The van der Waals surface area contributed by atoms with E-state index in [0.717, 1.165) is 0 Å². The standard InChI is InChI=1S/C15H20O10/c16-5-10-11(19)12(20)13(21)15(25-10)24-9-4-6(1-2-7(9)17)3-8(18)14(22)23/h1-2,4,8,10-13,15-21H,3,5H2,(H,22,23)/t8-,10-,11-,12+,13-,15-/m1/s1. The molecule has 1 heterocycles. The Labute approximate surface area is 142 Å². The molecule has 1 fully saturated rings. The number of phenolic OH excluding ortho intramolecular Hbond substituents is 1. The van der Waals surface area contributed by atoms with E-state index in [1.165, 1.54) is 18.2 Å². The summed E-state index contributed by atoms with van der Waals surface area (Å²) in [7, 11) is 0. The zero-order chi connectivity index (χ0) is 18.7. The first-order chi connectivity index (χ1) is 11.7. The molecule has 7 N–H and O–H groups in total. The molecule has 1 aliphatic rings. The van der Waals surface area contributed by atoms with Gasteiger partial charge in [-0.1, -0.05) is 6.07 Å². The van der Waals surface area contributed by atoms with E-state index in [0.29, 0.717) is 5.56 Å². The number of aliphatic carboxylic acids is 1. The summed E-state index contributed by atoms with van der Waals surface area (Å²) in [5.41, 5.74) is 0.326. The number of rotatable bonds is 6. The number of aromatic hydroxyl groups is 1. The molecule has 1 aromatic carbocycles. The number of aliphatic hydroxyl groups is 5. The normalized spacial score (nSPS) is 30.7. The van der Waals surface area contributed by atoms with Gasteiger partial charge in [-0.05, 0) is 17.7 Å². The van der Waals surface area contributed by atoms with E-state index in [9.17, 15) is 30.3 Å². The number of phenols is 1. The first-order valence-corrected chi connectivity index (χ1v) is 7.44. The maximum absolute atomic E-state index is 10.7. The first-order valence-electron chi connectivity index (χ1n) is 7.44. The van der Waals surface area contributed by atoms with Crippen LogP contribution in [0.3, 0.4) is 0 Å². The lowest BCUT2D eigenvalue weighted by Crippen LogP contribution is -2.60. The number of benzene rings is 1. The average Bonchev–Trinajstić information content (AvgIpc) is 2.58. The van der Waals surface area contributed by atoms with Crippen molar-refractivity contribution >= 4 is 5.97 Å². The Bertz CT molecular complexity index is 604. The Morgan fingerprint density at radius 2 is 1.88 bits per heavy atom. The molecular formula is C15H20O10. The van der Waals surface area contributed by atoms with Crippen LogP contribution in [0.1, 0.15) is 5.56 Å². The number of carboxylic acids is 1. The second-order valence-electron chi connectivity index (χ2n) is 5.68. The molecule has 0 amide bonds. The van der Waals surface area contributed by atoms with E-state index in [4.69, 9.17) is 19.7 Å². The van der Waals surface area contributed by atoms with Crippen molar-refractivity contribution in [3.63, 3.8) is 0 Å². The van der Waals surface area contributed by atoms with Gasteiger partial charge in [-0.15, -0.1) is 0 Å². The Morgan fingerprint density at radius 1 is 1.20 bits per heavy atom. The molecule has 1 saturated heterocycles. The van der Waals surface area contributed by atoms with Gasteiger partial charge in [0.25, 0.3) is 0 Å². The minimum atomic E-state index is -1.66. The van der Waals surface area contributed by atoms with Crippen molar-refractivity contribution in [3.8, 4) is 11.5 Å². The number of carbonyl (C=O) groups is 1. The van der Waals surface area contributed by atoms with Crippen LogP contribution in [0.4, 0.5) is 0 Å². The minimum Gasteiger partial charge on any atom is -0.504 e. The number of aliphatic hydroxyl groups excluding tert-OH is 5. The van der Waals surface area contributed by atoms with Gasteiger partial charge in [0.15, 0.2) is 17.6 Å². The van der Waals surface area contributed by atoms with E-state index in [1.807, 2.05) is 0 Å². The zero-order valence-electron chi connectivity index (χ0n) is 13.0. The van der Waals surface area contributed by atoms with E-state index < -0.39 is 49.4 Å². The van der Waals surface area contributed by atoms with Crippen LogP contribution >= 0.6 is 0 Å². The predicted molar refractivity (Wildman–Crippen MR) is 79.8 cm³/mol. The third kappa shape index (κ3) is 4.37. The maximum Gasteiger partial charge on any atom is 0.332 e. The zero-order valence-corrected chi connectivity index (χ0v) is 13.0. The molecule has 2 rings (SSSR count). The Kier molecular flexibility index (Phi) is 6.16. The van der Waals surface area contributed by atoms with E-state index in [1.54, 1.807) is 0 Å². The Hall–Kier alpha value is -1.95. The second kappa shape index (κ2) is 7.95. The Morgan fingerprint density at radius 3 is 2.48 bits per heavy atom. The van der Waals surface area contributed by atoms with Crippen molar-refractivity contribution in [1.29, 1.82) is 0 Å². The molecule has 0 spiro atoms. The number of hydrogen-bond donors (Lipinski definition) is 7. The van der Waals surface area contributed by atoms with Gasteiger partial charge in [0.1, 0.15) is 24.4 Å². The summed E-state index contributed by atoms with van der Waals surface area (Å²) in [6, 6.07) is 3.81. The highest BCUT2D eigenvalue weighted by Gasteiger charge is 2.44. The Balaban J connectivity index is 2.17. The molecule has 10 nitrogen and oxygen atoms in total. The predicted octanol–water partition coefficient (Wildman–Crippen LogP) is -2.44. The smallest absolute Gasteiger partial charge is 0.332 e. The van der Waals surface area contributed by atoms with Crippen molar-refractivity contribution in [2.45, 2.75) is 43.2 Å². The third-order valence-corrected chi connectivity index (χ3v) is 3.83. The van der Waals surface area contributed by atoms with Crippen molar-refractivity contribution in [2.24, 2.45) is 0 Å². The molecule has 6 atom stereocenters. The highest BCUT2D eigenvalue weighted by Crippen LogP contribution is 2.31. The largest absolute Gasteiger partial charge is 0.504 e. The molecule has 10 heteroatoms. The quantitative estimate of drug-likeness (QED) is 0.288. The lowest BCUT2D eigenvalue weighted by molar-refractivity contribution is -0.277. The molecule has 140 valence electrons. The summed E-state index contributed by atoms with van der Waals surface area (Å²) in [4.78, 5) is 10.7. The van der Waals surface area contributed by atoms with Gasteiger partial charge < -0.3 is 45.2 Å². The summed E-state index contributed by atoms with van der Waals surface area (Å²) in [6.45, 7) is -0.637. The summed E-state index contributed by atoms with van der Waals surface area (Å²) in [5.74, 6) is -1.96. The first kappa shape index (κ1) is 19.4. The van der Waals surface area contributed by atoms with E-state index >= 15 is 0 Å². The number of hydrogen-bond acceptors (Lipinski definition) is 9. The number of carboxylic acid groups (broad SMARTS) is 1. The monoisotopic (exact) mass is 360 g/mol. The van der Waals surface area contributed by atoms with Crippen LogP contribution in [0.15, 0.2) is 18.2 Å². The van der Waals surface area contributed by atoms with Gasteiger partial charge in [0, 0.05) is 6.42 Å². The molecule has 0 aliphatic carbocycles. The molecular weight excluding hydrogens is 340 g/mol. The highest BCUT2D eigenvalue weighted by molar-refractivity contribution is 5.72. The molecule has 0 aromatic heterocycles. The molecule has 0 radical (unpaired) electrons. The fourth-order valence-electron chi connectivity index (χ4n) is 2.38. The van der Waals surface area contributed by atoms with Crippen LogP contribution < -0.4 is 4.74 Å². The van der Waals surface area contributed by atoms with Gasteiger partial charge >= 0.3 is 5.97 Å². The van der Waals surface area contributed by atoms with Crippen LogP contribution in [-0.2, 0) is 16.0 Å². The van der Waals surface area contributed by atoms with Gasteiger partial charge in [-0.2, -0.15) is 0 Å². The molecule has 0 bridgehead atoms. The summed E-state index contributed by atoms with van der Waals surface area (Å²) in [6.07, 6.45) is -9.43. The van der Waals surface area contributed by atoms with Crippen molar-refractivity contribution < 1.29 is 50.0 Å². The summed E-state index contributed by atoms with van der Waals surface area (Å²) < 4.78 is 10.5.